The molecule has 0 amide bonds. The number of hydrogen-bond acceptors (Lipinski definition) is 4. The zero-order valence-electron chi connectivity index (χ0n) is 14.7. The molecule has 0 spiro atoms. The highest BCUT2D eigenvalue weighted by atomic mass is 79.9. The fourth-order valence-electron chi connectivity index (χ4n) is 2.57. The summed E-state index contributed by atoms with van der Waals surface area (Å²) >= 11 is 3.39. The summed E-state index contributed by atoms with van der Waals surface area (Å²) in [5, 5.41) is 20.3. The summed E-state index contributed by atoms with van der Waals surface area (Å²) in [5.74, 6) is 0.630. The van der Waals surface area contributed by atoms with Crippen LogP contribution in [0.2, 0.25) is 0 Å². The van der Waals surface area contributed by atoms with Gasteiger partial charge in [0.05, 0.1) is 16.6 Å². The maximum absolute atomic E-state index is 10.7. The van der Waals surface area contributed by atoms with Gasteiger partial charge in [-0.15, -0.1) is 0 Å². The van der Waals surface area contributed by atoms with E-state index in [9.17, 15) is 15.4 Å². The van der Waals surface area contributed by atoms with Gasteiger partial charge in [0.15, 0.2) is 0 Å². The summed E-state index contributed by atoms with van der Waals surface area (Å²) in [6.45, 7) is 0.267. The lowest BCUT2D eigenvalue weighted by Crippen LogP contribution is -1.97. The van der Waals surface area contributed by atoms with Crippen LogP contribution in [-0.4, -0.2) is 4.92 Å². The molecule has 0 N–H and O–H groups in total. The Balaban J connectivity index is 1.81. The van der Waals surface area contributed by atoms with Crippen molar-refractivity contribution in [3.8, 4) is 11.8 Å². The largest absolute Gasteiger partial charge is 0.488 e. The Morgan fingerprint density at radius 2 is 1.75 bits per heavy atom. The van der Waals surface area contributed by atoms with Crippen molar-refractivity contribution in [3.05, 3.63) is 104 Å². The van der Waals surface area contributed by atoms with Gasteiger partial charge in [-0.2, -0.15) is 5.26 Å². The first kappa shape index (κ1) is 19.3. The molecule has 0 unspecified atom stereocenters. The van der Waals surface area contributed by atoms with Crippen LogP contribution in [0.25, 0.3) is 11.6 Å². The average Bonchev–Trinajstić information content (AvgIpc) is 2.72. The smallest absolute Gasteiger partial charge is 0.269 e. The van der Waals surface area contributed by atoms with Crippen LogP contribution in [-0.2, 0) is 6.61 Å². The predicted octanol–water partition coefficient (Wildman–Crippen LogP) is 6.00. The normalized spacial score (nSPS) is 10.9. The highest BCUT2D eigenvalue weighted by Gasteiger charge is 2.07. The number of halogens is 1. The molecular formula is C22H15BrN2O3. The van der Waals surface area contributed by atoms with Gasteiger partial charge in [-0.1, -0.05) is 46.3 Å². The lowest BCUT2D eigenvalue weighted by atomic mass is 10.0. The SMILES string of the molecule is N#C/C(=C\c1ccccc1OCc1ccc([N+](=O)[O-])cc1)c1ccc(Br)cc1. The number of nitriles is 1. The maximum Gasteiger partial charge on any atom is 0.269 e. The molecule has 0 aromatic heterocycles. The summed E-state index contributed by atoms with van der Waals surface area (Å²) in [4.78, 5) is 10.3. The van der Waals surface area contributed by atoms with E-state index in [1.165, 1.54) is 12.1 Å². The van der Waals surface area contributed by atoms with Gasteiger partial charge in [0.1, 0.15) is 12.4 Å². The molecule has 3 aromatic rings. The van der Waals surface area contributed by atoms with Crippen molar-refractivity contribution in [2.24, 2.45) is 0 Å². The second-order valence-electron chi connectivity index (χ2n) is 5.93. The van der Waals surface area contributed by atoms with Crippen LogP contribution in [0.5, 0.6) is 5.75 Å². The lowest BCUT2D eigenvalue weighted by molar-refractivity contribution is -0.384. The Bertz CT molecular complexity index is 1050. The number of allylic oxidation sites excluding steroid dienone is 1. The third kappa shape index (κ3) is 4.84. The van der Waals surface area contributed by atoms with Gasteiger partial charge >= 0.3 is 0 Å². The average molecular weight is 435 g/mol. The number of rotatable bonds is 6. The van der Waals surface area contributed by atoms with E-state index in [1.807, 2.05) is 48.5 Å². The molecule has 0 bridgehead atoms. The van der Waals surface area contributed by atoms with Gasteiger partial charge in [-0.05, 0) is 47.5 Å². The fraction of sp³-hybridized carbons (Fsp3) is 0.0455. The number of ether oxygens (including phenoxy) is 1. The van der Waals surface area contributed by atoms with Crippen molar-refractivity contribution in [1.29, 1.82) is 5.26 Å². The molecule has 28 heavy (non-hydrogen) atoms. The van der Waals surface area contributed by atoms with Crippen molar-refractivity contribution in [2.75, 3.05) is 0 Å². The third-order valence-corrected chi connectivity index (χ3v) is 4.56. The molecule has 5 nitrogen and oxygen atoms in total. The molecular weight excluding hydrogens is 420 g/mol. The van der Waals surface area contributed by atoms with Crippen molar-refractivity contribution >= 4 is 33.3 Å². The van der Waals surface area contributed by atoms with Crippen LogP contribution in [0.15, 0.2) is 77.3 Å². The maximum atomic E-state index is 10.7. The predicted molar refractivity (Wildman–Crippen MR) is 111 cm³/mol. The molecule has 0 fully saturated rings. The van der Waals surface area contributed by atoms with Crippen LogP contribution in [0.1, 0.15) is 16.7 Å². The Morgan fingerprint density at radius 1 is 1.07 bits per heavy atom. The van der Waals surface area contributed by atoms with Gasteiger partial charge in [0.25, 0.3) is 5.69 Å². The van der Waals surface area contributed by atoms with Crippen molar-refractivity contribution in [3.63, 3.8) is 0 Å². The van der Waals surface area contributed by atoms with E-state index >= 15 is 0 Å². The molecule has 0 atom stereocenters. The first-order valence-corrected chi connectivity index (χ1v) is 9.19. The standard InChI is InChI=1S/C22H15BrN2O3/c23-20-9-7-17(8-10-20)19(14-24)13-18-3-1-2-4-22(18)28-15-16-5-11-21(12-6-16)25(26)27/h1-13H,15H2/b19-13+. The minimum absolute atomic E-state index is 0.0419. The van der Waals surface area contributed by atoms with Crippen LogP contribution in [0, 0.1) is 21.4 Å². The summed E-state index contributed by atoms with van der Waals surface area (Å²) in [7, 11) is 0. The molecule has 3 aromatic carbocycles. The number of nitro groups is 1. The number of nitrogens with zero attached hydrogens (tertiary/aromatic N) is 2. The molecule has 0 saturated heterocycles. The van der Waals surface area contributed by atoms with Gasteiger partial charge < -0.3 is 4.74 Å². The second-order valence-corrected chi connectivity index (χ2v) is 6.84. The molecule has 6 heteroatoms. The van der Waals surface area contributed by atoms with E-state index in [-0.39, 0.29) is 12.3 Å². The van der Waals surface area contributed by atoms with Gasteiger partial charge in [-0.25, -0.2) is 0 Å². The molecule has 0 radical (unpaired) electrons. The van der Waals surface area contributed by atoms with E-state index < -0.39 is 4.92 Å². The molecule has 138 valence electrons. The van der Waals surface area contributed by atoms with E-state index in [4.69, 9.17) is 4.74 Å². The summed E-state index contributed by atoms with van der Waals surface area (Å²) in [6, 6.07) is 23.4. The van der Waals surface area contributed by atoms with Gasteiger partial charge in [0, 0.05) is 22.2 Å². The number of nitro benzene ring substituents is 1. The monoisotopic (exact) mass is 434 g/mol. The van der Waals surface area contributed by atoms with Crippen LogP contribution in [0.3, 0.4) is 0 Å². The number of benzene rings is 3. The van der Waals surface area contributed by atoms with E-state index in [2.05, 4.69) is 22.0 Å². The van der Waals surface area contributed by atoms with Crippen molar-refractivity contribution in [2.45, 2.75) is 6.61 Å². The number of para-hydroxylation sites is 1. The van der Waals surface area contributed by atoms with Gasteiger partial charge in [-0.3, -0.25) is 10.1 Å². The third-order valence-electron chi connectivity index (χ3n) is 4.04. The first-order chi connectivity index (χ1) is 13.6. The quantitative estimate of drug-likeness (QED) is 0.206. The van der Waals surface area contributed by atoms with Crippen LogP contribution in [0.4, 0.5) is 5.69 Å². The molecule has 0 aliphatic heterocycles. The zero-order valence-corrected chi connectivity index (χ0v) is 16.3. The van der Waals surface area contributed by atoms with Gasteiger partial charge in [0.2, 0.25) is 0 Å². The Hall–Kier alpha value is -3.43. The summed E-state index contributed by atoms with van der Waals surface area (Å²) in [5.41, 5.74) is 2.98. The highest BCUT2D eigenvalue weighted by molar-refractivity contribution is 9.10. The second kappa shape index (κ2) is 8.98. The molecule has 0 saturated carbocycles. The Kier molecular flexibility index (Phi) is 6.20. The minimum Gasteiger partial charge on any atom is -0.488 e. The molecule has 3 rings (SSSR count). The minimum atomic E-state index is -0.434. The highest BCUT2D eigenvalue weighted by Crippen LogP contribution is 2.26. The Labute approximate surface area is 170 Å². The first-order valence-electron chi connectivity index (χ1n) is 8.40. The Morgan fingerprint density at radius 3 is 2.39 bits per heavy atom. The van der Waals surface area contributed by atoms with E-state index in [0.29, 0.717) is 11.3 Å². The number of hydrogen-bond donors (Lipinski definition) is 0. The van der Waals surface area contributed by atoms with Crippen molar-refractivity contribution < 1.29 is 9.66 Å². The molecule has 0 aliphatic rings. The van der Waals surface area contributed by atoms with Crippen molar-refractivity contribution in [1.82, 2.24) is 0 Å². The van der Waals surface area contributed by atoms with Crippen LogP contribution >= 0.6 is 15.9 Å². The summed E-state index contributed by atoms with van der Waals surface area (Å²) < 4.78 is 6.84. The summed E-state index contributed by atoms with van der Waals surface area (Å²) in [6.07, 6.45) is 1.79. The zero-order chi connectivity index (χ0) is 19.9. The van der Waals surface area contributed by atoms with Crippen LogP contribution < -0.4 is 4.74 Å². The topological polar surface area (TPSA) is 76.2 Å². The lowest BCUT2D eigenvalue weighted by Gasteiger charge is -2.10. The van der Waals surface area contributed by atoms with E-state index in [0.717, 1.165) is 21.2 Å². The fourth-order valence-corrected chi connectivity index (χ4v) is 2.84. The molecule has 0 heterocycles. The van der Waals surface area contributed by atoms with E-state index in [1.54, 1.807) is 18.2 Å². The number of non-ortho nitro benzene ring substituents is 1. The molecule has 0 aliphatic carbocycles.